The molecule has 1 heterocycles. The third-order valence-corrected chi connectivity index (χ3v) is 4.23. The van der Waals surface area contributed by atoms with E-state index >= 15 is 0 Å². The molecule has 0 aromatic carbocycles. The summed E-state index contributed by atoms with van der Waals surface area (Å²) in [5, 5.41) is 2.91. The first-order valence-corrected chi connectivity index (χ1v) is 8.08. The van der Waals surface area contributed by atoms with Gasteiger partial charge in [-0.2, -0.15) is 0 Å². The summed E-state index contributed by atoms with van der Waals surface area (Å²) in [6, 6.07) is -0.395. The van der Waals surface area contributed by atoms with Crippen molar-refractivity contribution >= 4 is 11.8 Å². The Morgan fingerprint density at radius 3 is 2.43 bits per heavy atom. The summed E-state index contributed by atoms with van der Waals surface area (Å²) in [7, 11) is 0. The second kappa shape index (κ2) is 7.78. The molecule has 1 rings (SSSR count). The molecular formula is C16H30N2O3. The van der Waals surface area contributed by atoms with Crippen molar-refractivity contribution in [2.24, 2.45) is 5.92 Å². The van der Waals surface area contributed by atoms with Gasteiger partial charge in [-0.3, -0.25) is 9.59 Å². The molecule has 0 spiro atoms. The molecule has 5 heteroatoms. The third-order valence-electron chi connectivity index (χ3n) is 4.23. The van der Waals surface area contributed by atoms with Crippen molar-refractivity contribution in [1.82, 2.24) is 10.2 Å². The van der Waals surface area contributed by atoms with Crippen molar-refractivity contribution < 1.29 is 14.3 Å². The minimum absolute atomic E-state index is 0.0449. The average Bonchev–Trinajstić information content (AvgIpc) is 2.45. The molecule has 1 N–H and O–H groups in total. The van der Waals surface area contributed by atoms with E-state index in [4.69, 9.17) is 4.74 Å². The molecular weight excluding hydrogens is 268 g/mol. The van der Waals surface area contributed by atoms with E-state index in [9.17, 15) is 9.59 Å². The number of ether oxygens (including phenoxy) is 1. The molecule has 1 unspecified atom stereocenters. The van der Waals surface area contributed by atoms with Crippen LogP contribution in [0.5, 0.6) is 0 Å². The van der Waals surface area contributed by atoms with Crippen LogP contribution in [0.15, 0.2) is 0 Å². The van der Waals surface area contributed by atoms with Gasteiger partial charge < -0.3 is 15.0 Å². The second-order valence-corrected chi connectivity index (χ2v) is 6.28. The van der Waals surface area contributed by atoms with Gasteiger partial charge in [0.05, 0.1) is 0 Å². The van der Waals surface area contributed by atoms with E-state index in [-0.39, 0.29) is 11.8 Å². The van der Waals surface area contributed by atoms with Crippen LogP contribution in [-0.4, -0.2) is 48.1 Å². The topological polar surface area (TPSA) is 58.6 Å². The molecule has 1 aliphatic rings. The Kier molecular flexibility index (Phi) is 6.65. The molecule has 1 fully saturated rings. The van der Waals surface area contributed by atoms with Gasteiger partial charge in [-0.15, -0.1) is 0 Å². The number of nitrogens with zero attached hydrogens (tertiary/aromatic N) is 1. The lowest BCUT2D eigenvalue weighted by atomic mass is 9.87. The van der Waals surface area contributed by atoms with Gasteiger partial charge in [-0.25, -0.2) is 0 Å². The van der Waals surface area contributed by atoms with Crippen LogP contribution in [0.25, 0.3) is 0 Å². The molecule has 0 radical (unpaired) electrons. The predicted molar refractivity (Wildman–Crippen MR) is 82.9 cm³/mol. The van der Waals surface area contributed by atoms with Gasteiger partial charge in [0, 0.05) is 19.8 Å². The smallest absolute Gasteiger partial charge is 0.248 e. The fourth-order valence-corrected chi connectivity index (χ4v) is 2.67. The van der Waals surface area contributed by atoms with Crippen molar-refractivity contribution in [3.05, 3.63) is 0 Å². The highest BCUT2D eigenvalue weighted by Crippen LogP contribution is 2.25. The molecule has 0 saturated carbocycles. The van der Waals surface area contributed by atoms with Crippen LogP contribution in [0.1, 0.15) is 53.9 Å². The van der Waals surface area contributed by atoms with E-state index in [0.717, 1.165) is 13.0 Å². The van der Waals surface area contributed by atoms with Crippen LogP contribution in [0, 0.1) is 5.92 Å². The van der Waals surface area contributed by atoms with Gasteiger partial charge in [-0.1, -0.05) is 27.7 Å². The quantitative estimate of drug-likeness (QED) is 0.697. The summed E-state index contributed by atoms with van der Waals surface area (Å²) in [5.74, 6) is 0.504. The molecule has 0 bridgehead atoms. The molecule has 2 amide bonds. The van der Waals surface area contributed by atoms with Gasteiger partial charge in [0.15, 0.2) is 0 Å². The van der Waals surface area contributed by atoms with Gasteiger partial charge >= 0.3 is 0 Å². The Morgan fingerprint density at radius 1 is 1.29 bits per heavy atom. The highest BCUT2D eigenvalue weighted by Gasteiger charge is 2.46. The molecule has 1 saturated heterocycles. The number of carbonyl (C=O) groups is 2. The van der Waals surface area contributed by atoms with Crippen LogP contribution in [0.4, 0.5) is 0 Å². The monoisotopic (exact) mass is 298 g/mol. The normalized spacial score (nSPS) is 21.8. The highest BCUT2D eigenvalue weighted by molar-refractivity contribution is 5.99. The average molecular weight is 298 g/mol. The van der Waals surface area contributed by atoms with Crippen molar-refractivity contribution in [3.8, 4) is 0 Å². The van der Waals surface area contributed by atoms with Gasteiger partial charge in [0.1, 0.15) is 11.6 Å². The van der Waals surface area contributed by atoms with E-state index in [2.05, 4.69) is 19.2 Å². The summed E-state index contributed by atoms with van der Waals surface area (Å²) in [6.45, 7) is 11.8. The van der Waals surface area contributed by atoms with E-state index in [1.165, 1.54) is 0 Å². The number of piperazine rings is 1. The van der Waals surface area contributed by atoms with Crippen LogP contribution in [-0.2, 0) is 14.3 Å². The maximum Gasteiger partial charge on any atom is 0.248 e. The molecule has 0 aromatic heterocycles. The summed E-state index contributed by atoms with van der Waals surface area (Å²) in [5.41, 5.74) is -0.720. The lowest BCUT2D eigenvalue weighted by Gasteiger charge is -2.44. The minimum Gasteiger partial charge on any atom is -0.381 e. The Morgan fingerprint density at radius 2 is 1.90 bits per heavy atom. The van der Waals surface area contributed by atoms with Crippen molar-refractivity contribution in [1.29, 1.82) is 0 Å². The molecule has 1 aliphatic heterocycles. The first-order valence-electron chi connectivity index (χ1n) is 8.08. The molecule has 21 heavy (non-hydrogen) atoms. The lowest BCUT2D eigenvalue weighted by molar-refractivity contribution is -0.155. The Labute approximate surface area is 128 Å². The van der Waals surface area contributed by atoms with Gasteiger partial charge in [-0.05, 0) is 32.1 Å². The number of nitrogens with one attached hydrogen (secondary N) is 1. The standard InChI is InChI=1S/C16H30N2O3/c1-6-16(7-2)15(20)18(13(5)14(19)17-16)9-8-10-21-11-12(3)4/h12-13H,6-11H2,1-5H3,(H,17,19). The summed E-state index contributed by atoms with van der Waals surface area (Å²) >= 11 is 0. The van der Waals surface area contributed by atoms with Crippen LogP contribution in [0.3, 0.4) is 0 Å². The van der Waals surface area contributed by atoms with E-state index in [1.54, 1.807) is 11.8 Å². The highest BCUT2D eigenvalue weighted by atomic mass is 16.5. The maximum atomic E-state index is 12.7. The summed E-state index contributed by atoms with van der Waals surface area (Å²) in [6.07, 6.45) is 2.02. The predicted octanol–water partition coefficient (Wildman–Crippen LogP) is 1.95. The summed E-state index contributed by atoms with van der Waals surface area (Å²) < 4.78 is 5.55. The molecule has 122 valence electrons. The third kappa shape index (κ3) is 4.19. The lowest BCUT2D eigenvalue weighted by Crippen LogP contribution is -2.69. The van der Waals surface area contributed by atoms with Crippen molar-refractivity contribution in [2.75, 3.05) is 19.8 Å². The summed E-state index contributed by atoms with van der Waals surface area (Å²) in [4.78, 5) is 26.5. The number of rotatable bonds is 8. The number of hydrogen-bond donors (Lipinski definition) is 1. The molecule has 1 atom stereocenters. The van der Waals surface area contributed by atoms with Crippen LogP contribution >= 0.6 is 0 Å². The SMILES string of the molecule is CCC1(CC)NC(=O)C(C)N(CCCOCC(C)C)C1=O. The van der Waals surface area contributed by atoms with E-state index in [0.29, 0.717) is 31.9 Å². The van der Waals surface area contributed by atoms with Crippen LogP contribution in [0.2, 0.25) is 0 Å². The largest absolute Gasteiger partial charge is 0.381 e. The van der Waals surface area contributed by atoms with Gasteiger partial charge in [0.2, 0.25) is 11.8 Å². The van der Waals surface area contributed by atoms with Crippen molar-refractivity contribution in [2.45, 2.75) is 65.5 Å². The first kappa shape index (κ1) is 18.0. The van der Waals surface area contributed by atoms with E-state index < -0.39 is 11.6 Å². The van der Waals surface area contributed by atoms with Gasteiger partial charge in [0.25, 0.3) is 0 Å². The zero-order valence-corrected chi connectivity index (χ0v) is 14.1. The Bertz CT molecular complexity index is 365. The molecule has 5 nitrogen and oxygen atoms in total. The minimum atomic E-state index is -0.720. The zero-order valence-electron chi connectivity index (χ0n) is 14.1. The van der Waals surface area contributed by atoms with Crippen LogP contribution < -0.4 is 5.32 Å². The van der Waals surface area contributed by atoms with Crippen molar-refractivity contribution in [3.63, 3.8) is 0 Å². The number of hydrogen-bond acceptors (Lipinski definition) is 3. The molecule has 0 aromatic rings. The second-order valence-electron chi connectivity index (χ2n) is 6.28. The number of amides is 2. The van der Waals surface area contributed by atoms with E-state index in [1.807, 2.05) is 13.8 Å². The Hall–Kier alpha value is -1.10. The Balaban J connectivity index is 2.61. The first-order chi connectivity index (χ1) is 9.88. The number of carbonyl (C=O) groups excluding carboxylic acids is 2. The fourth-order valence-electron chi connectivity index (χ4n) is 2.67. The zero-order chi connectivity index (χ0) is 16.0. The fraction of sp³-hybridized carbons (Fsp3) is 0.875. The maximum absolute atomic E-state index is 12.7. The molecule has 0 aliphatic carbocycles.